The molecule has 0 amide bonds. The van der Waals surface area contributed by atoms with Crippen LogP contribution in [0.2, 0.25) is 0 Å². The van der Waals surface area contributed by atoms with E-state index in [0.29, 0.717) is 5.92 Å². The van der Waals surface area contributed by atoms with Gasteiger partial charge in [0.2, 0.25) is 0 Å². The van der Waals surface area contributed by atoms with Crippen molar-refractivity contribution in [1.29, 1.82) is 0 Å². The van der Waals surface area contributed by atoms with E-state index in [1.807, 2.05) is 0 Å². The summed E-state index contributed by atoms with van der Waals surface area (Å²) in [7, 11) is 0. The lowest BCUT2D eigenvalue weighted by Crippen LogP contribution is -2.03. The minimum absolute atomic E-state index is 0.708. The van der Waals surface area contributed by atoms with Crippen molar-refractivity contribution >= 4 is 5.71 Å². The molecule has 0 spiro atoms. The van der Waals surface area contributed by atoms with Crippen molar-refractivity contribution in [2.75, 3.05) is 6.54 Å². The van der Waals surface area contributed by atoms with Gasteiger partial charge in [0, 0.05) is 12.3 Å². The molecule has 0 N–H and O–H groups in total. The molecule has 0 aliphatic carbocycles. The van der Waals surface area contributed by atoms with Crippen LogP contribution in [0.3, 0.4) is 0 Å². The first kappa shape index (κ1) is 13.4. The molecule has 82 valence electrons. The molecule has 1 heteroatoms. The van der Waals surface area contributed by atoms with Gasteiger partial charge in [-0.2, -0.15) is 0 Å². The van der Waals surface area contributed by atoms with Gasteiger partial charge < -0.3 is 0 Å². The van der Waals surface area contributed by atoms with Crippen LogP contribution in [0.4, 0.5) is 0 Å². The largest absolute Gasteiger partial charge is 0.290 e. The molecule has 0 heterocycles. The van der Waals surface area contributed by atoms with Gasteiger partial charge in [-0.1, -0.05) is 32.8 Å². The smallest absolute Gasteiger partial charge is 0.0418 e. The summed E-state index contributed by atoms with van der Waals surface area (Å²) in [5, 5.41) is 0. The van der Waals surface area contributed by atoms with Crippen LogP contribution in [-0.2, 0) is 0 Å². The molecule has 0 unspecified atom stereocenters. The summed E-state index contributed by atoms with van der Waals surface area (Å²) in [5.74, 6) is 0.708. The molecule has 0 aliphatic rings. The van der Waals surface area contributed by atoms with Gasteiger partial charge in [-0.25, -0.2) is 0 Å². The maximum absolute atomic E-state index is 4.62. The Balaban J connectivity index is 4.38. The lowest BCUT2D eigenvalue weighted by Gasteiger charge is -2.08. The van der Waals surface area contributed by atoms with Gasteiger partial charge in [0.05, 0.1) is 0 Å². The summed E-state index contributed by atoms with van der Waals surface area (Å²) >= 11 is 0. The second-order valence-electron chi connectivity index (χ2n) is 4.20. The van der Waals surface area contributed by atoms with E-state index in [2.05, 4.69) is 46.5 Å². The topological polar surface area (TPSA) is 12.4 Å². The average molecular weight is 195 g/mol. The molecule has 0 aromatic rings. The Kier molecular flexibility index (Phi) is 6.52. The molecular weight excluding hydrogens is 170 g/mol. The fourth-order valence-corrected chi connectivity index (χ4v) is 1.11. The second-order valence-corrected chi connectivity index (χ2v) is 4.20. The van der Waals surface area contributed by atoms with Crippen molar-refractivity contribution < 1.29 is 0 Å². The van der Waals surface area contributed by atoms with E-state index in [4.69, 9.17) is 0 Å². The van der Waals surface area contributed by atoms with Crippen LogP contribution in [0.5, 0.6) is 0 Å². The maximum atomic E-state index is 4.62. The van der Waals surface area contributed by atoms with E-state index in [9.17, 15) is 0 Å². The summed E-state index contributed by atoms with van der Waals surface area (Å²) in [4.78, 5) is 4.62. The van der Waals surface area contributed by atoms with Crippen LogP contribution < -0.4 is 0 Å². The molecular formula is C13H25N. The lowest BCUT2D eigenvalue weighted by molar-refractivity contribution is 0.577. The van der Waals surface area contributed by atoms with Gasteiger partial charge in [-0.05, 0) is 38.7 Å². The Labute approximate surface area is 89.3 Å². The van der Waals surface area contributed by atoms with E-state index in [0.717, 1.165) is 13.0 Å². The SMILES string of the molecule is CC/C(C)=C(/C)C(C)=NC[C@H](C)CC. The highest BCUT2D eigenvalue weighted by molar-refractivity contribution is 5.98. The molecule has 14 heavy (non-hydrogen) atoms. The predicted octanol–water partition coefficient (Wildman–Crippen LogP) is 4.24. The Hall–Kier alpha value is -0.590. The van der Waals surface area contributed by atoms with Crippen molar-refractivity contribution in [1.82, 2.24) is 0 Å². The van der Waals surface area contributed by atoms with Gasteiger partial charge in [-0.15, -0.1) is 0 Å². The number of nitrogens with zero attached hydrogens (tertiary/aromatic N) is 1. The summed E-state index contributed by atoms with van der Waals surface area (Å²) in [5.41, 5.74) is 4.04. The van der Waals surface area contributed by atoms with Crippen LogP contribution in [0, 0.1) is 5.92 Å². The van der Waals surface area contributed by atoms with Crippen molar-refractivity contribution in [3.63, 3.8) is 0 Å². The molecule has 0 bridgehead atoms. The Morgan fingerprint density at radius 1 is 1.14 bits per heavy atom. The second kappa shape index (κ2) is 6.80. The first-order valence-electron chi connectivity index (χ1n) is 5.70. The zero-order valence-electron chi connectivity index (χ0n) is 10.6. The highest BCUT2D eigenvalue weighted by Crippen LogP contribution is 2.10. The fourth-order valence-electron chi connectivity index (χ4n) is 1.11. The Bertz CT molecular complexity index is 223. The molecule has 0 saturated carbocycles. The third-order valence-electron chi connectivity index (χ3n) is 3.05. The third kappa shape index (κ3) is 4.59. The summed E-state index contributed by atoms with van der Waals surface area (Å²) < 4.78 is 0. The average Bonchev–Trinajstić information content (AvgIpc) is 2.22. The third-order valence-corrected chi connectivity index (χ3v) is 3.05. The highest BCUT2D eigenvalue weighted by atomic mass is 14.7. The van der Waals surface area contributed by atoms with Crippen LogP contribution in [0.15, 0.2) is 16.1 Å². The molecule has 1 nitrogen and oxygen atoms in total. The van der Waals surface area contributed by atoms with E-state index < -0.39 is 0 Å². The molecule has 0 aromatic carbocycles. The molecule has 0 saturated heterocycles. The lowest BCUT2D eigenvalue weighted by atomic mass is 10.0. The first-order valence-corrected chi connectivity index (χ1v) is 5.70. The van der Waals surface area contributed by atoms with Gasteiger partial charge in [0.25, 0.3) is 0 Å². The first-order chi connectivity index (χ1) is 6.52. The zero-order valence-corrected chi connectivity index (χ0v) is 10.6. The quantitative estimate of drug-likeness (QED) is 0.582. The molecule has 0 radical (unpaired) electrons. The number of allylic oxidation sites excluding steroid dienone is 2. The predicted molar refractivity (Wildman–Crippen MR) is 66.1 cm³/mol. The van der Waals surface area contributed by atoms with Crippen molar-refractivity contribution in [3.8, 4) is 0 Å². The zero-order chi connectivity index (χ0) is 11.1. The van der Waals surface area contributed by atoms with Crippen molar-refractivity contribution in [2.45, 2.75) is 54.4 Å². The van der Waals surface area contributed by atoms with E-state index in [-0.39, 0.29) is 0 Å². The number of hydrogen-bond donors (Lipinski definition) is 0. The minimum atomic E-state index is 0.708. The molecule has 0 aliphatic heterocycles. The molecule has 0 rings (SSSR count). The van der Waals surface area contributed by atoms with Gasteiger partial charge in [-0.3, -0.25) is 4.99 Å². The summed E-state index contributed by atoms with van der Waals surface area (Å²) in [6, 6.07) is 0. The minimum Gasteiger partial charge on any atom is -0.290 e. The molecule has 1 atom stereocenters. The van der Waals surface area contributed by atoms with Crippen LogP contribution in [0.25, 0.3) is 0 Å². The maximum Gasteiger partial charge on any atom is 0.0418 e. The van der Waals surface area contributed by atoms with E-state index in [1.54, 1.807) is 0 Å². The Morgan fingerprint density at radius 2 is 1.71 bits per heavy atom. The van der Waals surface area contributed by atoms with Gasteiger partial charge in [0.1, 0.15) is 0 Å². The fraction of sp³-hybridized carbons (Fsp3) is 0.769. The van der Waals surface area contributed by atoms with Crippen LogP contribution in [0.1, 0.15) is 54.4 Å². The number of hydrogen-bond acceptors (Lipinski definition) is 1. The summed E-state index contributed by atoms with van der Waals surface area (Å²) in [6.45, 7) is 14.1. The molecule has 0 aromatic heterocycles. The van der Waals surface area contributed by atoms with Gasteiger partial charge in [0.15, 0.2) is 0 Å². The van der Waals surface area contributed by atoms with Crippen LogP contribution in [-0.4, -0.2) is 12.3 Å². The van der Waals surface area contributed by atoms with Crippen LogP contribution >= 0.6 is 0 Å². The van der Waals surface area contributed by atoms with Crippen molar-refractivity contribution in [3.05, 3.63) is 11.1 Å². The Morgan fingerprint density at radius 3 is 2.14 bits per heavy atom. The van der Waals surface area contributed by atoms with E-state index in [1.165, 1.54) is 23.3 Å². The summed E-state index contributed by atoms with van der Waals surface area (Å²) in [6.07, 6.45) is 2.34. The highest BCUT2D eigenvalue weighted by Gasteiger charge is 2.00. The van der Waals surface area contributed by atoms with Gasteiger partial charge >= 0.3 is 0 Å². The number of rotatable bonds is 5. The molecule has 0 fully saturated rings. The van der Waals surface area contributed by atoms with Crippen molar-refractivity contribution in [2.24, 2.45) is 10.9 Å². The normalized spacial score (nSPS) is 16.6. The standard InChI is InChI=1S/C13H25N/c1-7-10(3)9-14-13(6)12(5)11(4)8-2/h10H,7-9H2,1-6H3/b12-11-,14-13?/t10-/m1/s1. The number of aliphatic imine (C=N–C) groups is 1. The van der Waals surface area contributed by atoms with E-state index >= 15 is 0 Å². The monoisotopic (exact) mass is 195 g/mol.